The topological polar surface area (TPSA) is 590 Å². The summed E-state index contributed by atoms with van der Waals surface area (Å²) in [7, 11) is -15.5. The number of phenols is 6. The van der Waals surface area contributed by atoms with E-state index >= 15 is 0 Å². The number of aryl methyl sites for hydroxylation is 1. The monoisotopic (exact) mass is 1810 g/mol. The van der Waals surface area contributed by atoms with E-state index in [9.17, 15) is 58.3 Å². The zero-order valence-electron chi connectivity index (χ0n) is 66.1. The molecule has 34 nitrogen and oxygen atoms in total. The highest BCUT2D eigenvalue weighted by atomic mass is 35.5. The molecule has 0 aliphatic heterocycles. The van der Waals surface area contributed by atoms with Crippen LogP contribution in [-0.2, 0) is 73.9 Å². The number of hydroxylamine groups is 4. The zero-order chi connectivity index (χ0) is 92.9. The third-order valence-corrected chi connectivity index (χ3v) is 17.0. The molecule has 124 heavy (non-hydrogen) atoms. The van der Waals surface area contributed by atoms with Crippen LogP contribution < -0.4 is 27.2 Å². The molecule has 0 bridgehead atoms. The van der Waals surface area contributed by atoms with Crippen LogP contribution in [0.5, 0.6) is 34.5 Å². The van der Waals surface area contributed by atoms with Crippen molar-refractivity contribution >= 4 is 134 Å². The van der Waals surface area contributed by atoms with Crippen molar-refractivity contribution in [3.63, 3.8) is 0 Å². The first-order chi connectivity index (χ1) is 58.6. The zero-order valence-corrected chi connectivity index (χ0v) is 70.2. The van der Waals surface area contributed by atoms with E-state index < -0.39 is 61.6 Å². The van der Waals surface area contributed by atoms with Crippen molar-refractivity contribution in [1.29, 1.82) is 0 Å². The van der Waals surface area contributed by atoms with E-state index in [-0.39, 0.29) is 73.4 Å². The van der Waals surface area contributed by atoms with Gasteiger partial charge in [0.05, 0.1) is 37.2 Å². The molecule has 9 rings (SSSR count). The van der Waals surface area contributed by atoms with Gasteiger partial charge >= 0.3 is 7.60 Å². The normalized spacial score (nSPS) is 11.1. The molecule has 0 saturated heterocycles. The summed E-state index contributed by atoms with van der Waals surface area (Å²) >= 11 is 5.71. The lowest BCUT2D eigenvalue weighted by Gasteiger charge is -1.98. The van der Waals surface area contributed by atoms with Gasteiger partial charge in [0.15, 0.2) is 0 Å². The summed E-state index contributed by atoms with van der Waals surface area (Å²) in [4.78, 5) is 70.4. The molecular formula is C85H92ClN5O29PS3-. The molecule has 0 spiro atoms. The number of amides is 5. The van der Waals surface area contributed by atoms with Crippen molar-refractivity contribution in [3.05, 3.63) is 337 Å². The molecule has 0 aliphatic carbocycles. The lowest BCUT2D eigenvalue weighted by Crippen LogP contribution is -2.24. The van der Waals surface area contributed by atoms with Gasteiger partial charge in [-0.25, -0.2) is 30.3 Å². The number of hydrogen-bond donors (Lipinski definition) is 19. The Hall–Kier alpha value is -13.3. The van der Waals surface area contributed by atoms with Gasteiger partial charge in [-0.15, -0.1) is 0 Å². The van der Waals surface area contributed by atoms with E-state index in [2.05, 4.69) is 13.7 Å². The third-order valence-electron chi connectivity index (χ3n) is 13.7. The van der Waals surface area contributed by atoms with Crippen LogP contribution in [0.3, 0.4) is 0 Å². The number of aliphatic hydroxyl groups is 2. The SMILES string of the molecule is CCOS(=O)(=O)/C=C/c1ccc(C)cc1.CCOS(=O)(=O)/C=C/c1ccc(O)cc1.O=C(/C=C/c1ccc(CO)cc1)NO.O=C(/C=C/c1ccc(O)cc1)NCCO.O=C(/C=C/c1ccc(O)cc1)NO.O=C(/C=C/c1cccc(Cl)c1)NO.O=C(/C=C/c1cccc(O)c1)NO.O=P(O)(O)/C=C/c1ccc(O)cc1.O=S(=O)([O-])/C=C/c1ccc(O)cc1. The molecule has 0 radical (unpaired) electrons. The Morgan fingerprint density at radius 2 is 0.677 bits per heavy atom. The lowest BCUT2D eigenvalue weighted by molar-refractivity contribution is -0.124. The van der Waals surface area contributed by atoms with Crippen LogP contribution >= 0.6 is 19.2 Å². The molecule has 0 saturated carbocycles. The largest absolute Gasteiger partial charge is 0.744 e. The van der Waals surface area contributed by atoms with E-state index in [1.54, 1.807) is 153 Å². The summed E-state index contributed by atoms with van der Waals surface area (Å²) in [6, 6.07) is 58.8. The van der Waals surface area contributed by atoms with Gasteiger partial charge in [-0.3, -0.25) is 57.7 Å². The molecule has 662 valence electrons. The van der Waals surface area contributed by atoms with Gasteiger partial charge in [0.1, 0.15) is 44.6 Å². The molecule has 0 unspecified atom stereocenters. The minimum Gasteiger partial charge on any atom is -0.744 e. The molecular weight excluding hydrogens is 1720 g/mol. The van der Waals surface area contributed by atoms with Gasteiger partial charge < -0.3 is 60.5 Å². The van der Waals surface area contributed by atoms with Crippen LogP contribution in [0.2, 0.25) is 5.02 Å². The average Bonchev–Trinajstić information content (AvgIpc) is 0.923. The predicted molar refractivity (Wildman–Crippen MR) is 468 cm³/mol. The molecule has 19 N–H and O–H groups in total. The van der Waals surface area contributed by atoms with Crippen molar-refractivity contribution < 1.29 is 138 Å². The average molecular weight is 1810 g/mol. The van der Waals surface area contributed by atoms with Gasteiger partial charge in [-0.05, 0) is 216 Å². The molecule has 5 amide bonds. The van der Waals surface area contributed by atoms with Crippen molar-refractivity contribution in [2.24, 2.45) is 0 Å². The molecule has 0 heterocycles. The first kappa shape index (κ1) is 109. The van der Waals surface area contributed by atoms with E-state index in [1.165, 1.54) is 155 Å². The highest BCUT2D eigenvalue weighted by Crippen LogP contribution is 2.37. The van der Waals surface area contributed by atoms with Crippen LogP contribution in [0, 0.1) is 6.92 Å². The second-order valence-electron chi connectivity index (χ2n) is 23.6. The molecule has 0 atom stereocenters. The second kappa shape index (κ2) is 61.1. The highest BCUT2D eigenvalue weighted by Gasteiger charge is 2.07. The number of rotatable bonds is 25. The van der Waals surface area contributed by atoms with E-state index in [0.717, 1.165) is 61.7 Å². The Morgan fingerprint density at radius 3 is 0.976 bits per heavy atom. The fourth-order valence-corrected chi connectivity index (χ4v) is 10.3. The standard InChI is InChI=1S/C11H13NO3.C11H14O3S.C10H11NO3.C10H12O4S.C9H8ClNO2.2C9H9NO3.C8H9O4P.C8H8O4S/c13-8-7-12-11(15)6-3-9-1-4-10(14)5-2-9;1-3-14-15(12,13)9-8-11-6-4-10(2)5-7-11;12-7-9-3-1-8(2-4-9)5-6-10(13)11-14;1-2-14-15(12,13)8-7-9-3-5-10(11)6-4-9;10-8-3-1-2-7(6-8)4-5-9(12)11-13;11-8-4-1-7(2-5-8)3-6-9(12)10-13;11-8-3-1-2-7(6-8)4-5-9(12)10-13;2*9-8-3-1-7(2-4-8)5-6-13(10,11)12/h1-6,13-14H,7-8H2,(H,12,15);4-9H,3H2,1-2H3;1-6,12,14H,7H2,(H,11,13);3-8,11H,2H2,1H3;1-6,13H,(H,11,12);2*1-6,11,13H,(H,10,12);1-6,9H,(H2,10,11,12);1-6,9H,(H,10,11,12)/p-1/b6-3+;9-8+;6-5+;8-7+;5-4+;6-3+;5-4+;2*6-5+. The summed E-state index contributed by atoms with van der Waals surface area (Å²) < 4.78 is 94.6. The summed E-state index contributed by atoms with van der Waals surface area (Å²) in [6.45, 7) is 5.66. The van der Waals surface area contributed by atoms with Gasteiger partial charge in [0.25, 0.3) is 43.9 Å². The lowest BCUT2D eigenvalue weighted by atomic mass is 10.1. The van der Waals surface area contributed by atoms with Gasteiger partial charge in [-0.2, -0.15) is 16.8 Å². The van der Waals surface area contributed by atoms with Crippen molar-refractivity contribution in [2.75, 3.05) is 26.4 Å². The molecule has 9 aromatic carbocycles. The molecule has 0 aromatic heterocycles. The summed E-state index contributed by atoms with van der Waals surface area (Å²) in [5.41, 5.74) is 14.4. The molecule has 9 aromatic rings. The smallest absolute Gasteiger partial charge is 0.349 e. The molecule has 0 aliphatic rings. The van der Waals surface area contributed by atoms with E-state index in [4.69, 9.17) is 83.1 Å². The second-order valence-corrected chi connectivity index (χ2v) is 29.8. The summed E-state index contributed by atoms with van der Waals surface area (Å²) in [6.07, 6.45) is 19.3. The van der Waals surface area contributed by atoms with E-state index in [0.29, 0.717) is 32.7 Å². The Bertz CT molecular complexity index is 5270. The maximum absolute atomic E-state index is 11.2. The number of carbonyl (C=O) groups excluding carboxylic acids is 5. The summed E-state index contributed by atoms with van der Waals surface area (Å²) in [5, 5.41) is 109. The van der Waals surface area contributed by atoms with Crippen LogP contribution in [-0.4, -0.2) is 157 Å². The minimum atomic E-state index is -4.33. The number of hydrogen-bond acceptors (Lipinski definition) is 27. The number of halogens is 1. The Balaban J connectivity index is 0.000000698. The van der Waals surface area contributed by atoms with Crippen molar-refractivity contribution in [3.8, 4) is 34.5 Å². The molecule has 0 fully saturated rings. The predicted octanol–water partition coefficient (Wildman–Crippen LogP) is 11.4. The number of carbonyl (C=O) groups is 5. The number of aliphatic hydroxyl groups excluding tert-OH is 2. The number of phenolic OH excluding ortho intramolecular Hbond substituents is 6. The molecule has 39 heteroatoms. The van der Waals surface area contributed by atoms with Crippen LogP contribution in [0.4, 0.5) is 0 Å². The Kier molecular flexibility index (Phi) is 53.6. The van der Waals surface area contributed by atoms with E-state index in [1.807, 2.05) is 31.2 Å². The Labute approximate surface area is 720 Å². The third kappa shape index (κ3) is 57.8. The highest BCUT2D eigenvalue weighted by molar-refractivity contribution is 7.90. The minimum absolute atomic E-state index is 0.00111. The van der Waals surface area contributed by atoms with Gasteiger partial charge in [0.2, 0.25) is 5.91 Å². The fraction of sp³-hybridized carbons (Fsp3) is 0.0941. The van der Waals surface area contributed by atoms with Gasteiger partial charge in [0, 0.05) is 53.2 Å². The number of benzene rings is 9. The van der Waals surface area contributed by atoms with Gasteiger partial charge in [-0.1, -0.05) is 151 Å². The first-order valence-corrected chi connectivity index (χ1v) is 42.0. The maximum Gasteiger partial charge on any atom is 0.349 e. The van der Waals surface area contributed by atoms with Crippen LogP contribution in [0.15, 0.2) is 271 Å². The number of nitrogens with one attached hydrogen (secondary N) is 5. The Morgan fingerprint density at radius 1 is 0.387 bits per heavy atom. The quantitative estimate of drug-likeness (QED) is 0.00631. The van der Waals surface area contributed by atoms with Crippen LogP contribution in [0.1, 0.15) is 75.0 Å². The maximum atomic E-state index is 11.2. The number of aromatic hydroxyl groups is 6. The van der Waals surface area contributed by atoms with Crippen molar-refractivity contribution in [1.82, 2.24) is 27.2 Å². The van der Waals surface area contributed by atoms with Crippen molar-refractivity contribution in [2.45, 2.75) is 27.4 Å². The first-order valence-electron chi connectivity index (χ1n) is 35.5. The summed E-state index contributed by atoms with van der Waals surface area (Å²) in [5.74, 6) is -0.938. The fourth-order valence-electron chi connectivity index (χ4n) is 7.90. The van der Waals surface area contributed by atoms with Crippen LogP contribution in [0.25, 0.3) is 54.7 Å².